The van der Waals surface area contributed by atoms with Crippen LogP contribution in [0.5, 0.6) is 0 Å². The lowest BCUT2D eigenvalue weighted by atomic mass is 9.93. The Labute approximate surface area is 140 Å². The number of carbonyl (C=O) groups excluding carboxylic acids is 1. The van der Waals surface area contributed by atoms with Crippen molar-refractivity contribution in [2.24, 2.45) is 7.05 Å². The molecule has 0 radical (unpaired) electrons. The number of nitrogens with one attached hydrogen (secondary N) is 2. The molecule has 23 heavy (non-hydrogen) atoms. The quantitative estimate of drug-likeness (QED) is 0.880. The average Bonchev–Trinajstić information content (AvgIpc) is 3.20. The minimum absolute atomic E-state index is 0.0613. The topological polar surface area (TPSA) is 71.8 Å². The van der Waals surface area contributed by atoms with E-state index >= 15 is 0 Å². The summed E-state index contributed by atoms with van der Waals surface area (Å²) in [7, 11) is 1.91. The molecule has 6 nitrogen and oxygen atoms in total. The van der Waals surface area contributed by atoms with Crippen molar-refractivity contribution in [3.05, 3.63) is 30.6 Å². The zero-order valence-electron chi connectivity index (χ0n) is 13.4. The number of amides is 1. The van der Waals surface area contributed by atoms with Crippen LogP contribution >= 0.6 is 11.8 Å². The largest absolute Gasteiger partial charge is 0.324 e. The molecule has 2 heterocycles. The predicted molar refractivity (Wildman–Crippen MR) is 90.5 cm³/mol. The Morgan fingerprint density at radius 2 is 2.22 bits per heavy atom. The predicted octanol–water partition coefficient (Wildman–Crippen LogP) is 2.44. The first kappa shape index (κ1) is 16.0. The first-order valence-electron chi connectivity index (χ1n) is 7.81. The number of rotatable bonds is 5. The zero-order valence-corrected chi connectivity index (χ0v) is 14.2. The number of hydrogen-bond donors (Lipinski definition) is 2. The third-order valence-corrected chi connectivity index (χ3v) is 5.33. The summed E-state index contributed by atoms with van der Waals surface area (Å²) in [6.45, 7) is 2.97. The second-order valence-electron chi connectivity index (χ2n) is 5.77. The van der Waals surface area contributed by atoms with Crippen molar-refractivity contribution in [2.75, 3.05) is 11.9 Å². The van der Waals surface area contributed by atoms with Crippen molar-refractivity contribution in [3.63, 3.8) is 0 Å². The van der Waals surface area contributed by atoms with Gasteiger partial charge in [0, 0.05) is 17.6 Å². The van der Waals surface area contributed by atoms with E-state index in [0.29, 0.717) is 0 Å². The molecule has 2 N–H and O–H groups in total. The summed E-state index contributed by atoms with van der Waals surface area (Å²) >= 11 is 1.54. The number of hydrogen-bond acceptors (Lipinski definition) is 5. The Kier molecular flexibility index (Phi) is 4.68. The fourth-order valence-electron chi connectivity index (χ4n) is 2.79. The molecule has 7 heteroatoms. The van der Waals surface area contributed by atoms with E-state index in [-0.39, 0.29) is 5.91 Å². The van der Waals surface area contributed by atoms with Crippen molar-refractivity contribution >= 4 is 23.4 Å². The van der Waals surface area contributed by atoms with E-state index in [1.54, 1.807) is 18.1 Å². The van der Waals surface area contributed by atoms with Gasteiger partial charge < -0.3 is 15.2 Å². The van der Waals surface area contributed by atoms with Gasteiger partial charge in [-0.25, -0.2) is 0 Å². The van der Waals surface area contributed by atoms with Crippen molar-refractivity contribution in [1.29, 1.82) is 0 Å². The molecule has 1 amide bonds. The molecule has 0 saturated carbocycles. The number of aromatic nitrogens is 3. The number of anilines is 1. The van der Waals surface area contributed by atoms with E-state index in [1.165, 1.54) is 0 Å². The van der Waals surface area contributed by atoms with Crippen molar-refractivity contribution < 1.29 is 4.79 Å². The van der Waals surface area contributed by atoms with Gasteiger partial charge in [-0.1, -0.05) is 6.92 Å². The summed E-state index contributed by atoms with van der Waals surface area (Å²) in [5.41, 5.74) is 0.408. The van der Waals surface area contributed by atoms with Crippen molar-refractivity contribution in [1.82, 2.24) is 20.1 Å². The molecule has 0 bridgehead atoms. The molecule has 1 saturated heterocycles. The molecule has 1 atom stereocenters. The summed E-state index contributed by atoms with van der Waals surface area (Å²) < 4.78 is 1.87. The molecular formula is C16H21N5OS. The van der Waals surface area contributed by atoms with Crippen LogP contribution < -0.4 is 10.6 Å². The van der Waals surface area contributed by atoms with E-state index in [4.69, 9.17) is 0 Å². The van der Waals surface area contributed by atoms with Crippen LogP contribution in [0.4, 0.5) is 5.69 Å². The fourth-order valence-corrected chi connectivity index (χ4v) is 3.55. The SMILES string of the molecule is CCC1(C(=O)Nc2ccc(Sc3nncn3C)cc2)CCCN1. The van der Waals surface area contributed by atoms with Crippen LogP contribution in [0.25, 0.3) is 0 Å². The van der Waals surface area contributed by atoms with Crippen LogP contribution in [-0.2, 0) is 11.8 Å². The lowest BCUT2D eigenvalue weighted by Gasteiger charge is -2.26. The third-order valence-electron chi connectivity index (χ3n) is 4.27. The smallest absolute Gasteiger partial charge is 0.244 e. The highest BCUT2D eigenvalue weighted by molar-refractivity contribution is 7.99. The zero-order chi connectivity index (χ0) is 16.3. The van der Waals surface area contributed by atoms with Gasteiger partial charge in [-0.15, -0.1) is 10.2 Å². The van der Waals surface area contributed by atoms with Crippen LogP contribution in [0, 0.1) is 0 Å². The molecule has 1 aliphatic rings. The Hall–Kier alpha value is -1.86. The first-order chi connectivity index (χ1) is 11.1. The summed E-state index contributed by atoms with van der Waals surface area (Å²) in [6, 6.07) is 7.81. The van der Waals surface area contributed by atoms with Crippen LogP contribution in [0.2, 0.25) is 0 Å². The molecule has 3 rings (SSSR count). The van der Waals surface area contributed by atoms with E-state index in [9.17, 15) is 4.79 Å². The highest BCUT2D eigenvalue weighted by Gasteiger charge is 2.38. The van der Waals surface area contributed by atoms with E-state index in [1.807, 2.05) is 35.9 Å². The van der Waals surface area contributed by atoms with Crippen molar-refractivity contribution in [2.45, 2.75) is 41.8 Å². The summed E-state index contributed by atoms with van der Waals surface area (Å²) in [4.78, 5) is 13.6. The van der Waals surface area contributed by atoms with Gasteiger partial charge in [-0.2, -0.15) is 0 Å². The van der Waals surface area contributed by atoms with Gasteiger partial charge in [0.2, 0.25) is 5.91 Å². The van der Waals surface area contributed by atoms with Gasteiger partial charge in [-0.3, -0.25) is 4.79 Å². The van der Waals surface area contributed by atoms with E-state index in [0.717, 1.165) is 41.5 Å². The molecule has 1 aromatic carbocycles. The Morgan fingerprint density at radius 1 is 1.43 bits per heavy atom. The van der Waals surface area contributed by atoms with Gasteiger partial charge in [0.15, 0.2) is 5.16 Å². The fraction of sp³-hybridized carbons (Fsp3) is 0.438. The van der Waals surface area contributed by atoms with Crippen molar-refractivity contribution in [3.8, 4) is 0 Å². The molecule has 0 aliphatic carbocycles. The van der Waals surface area contributed by atoms with Crippen LogP contribution in [0.1, 0.15) is 26.2 Å². The summed E-state index contributed by atoms with van der Waals surface area (Å²) in [6.07, 6.45) is 4.43. The highest BCUT2D eigenvalue weighted by atomic mass is 32.2. The van der Waals surface area contributed by atoms with Gasteiger partial charge >= 0.3 is 0 Å². The van der Waals surface area contributed by atoms with E-state index < -0.39 is 5.54 Å². The lowest BCUT2D eigenvalue weighted by molar-refractivity contribution is -0.122. The number of nitrogens with zero attached hydrogens (tertiary/aromatic N) is 3. The minimum atomic E-state index is -0.411. The highest BCUT2D eigenvalue weighted by Crippen LogP contribution is 2.28. The Balaban J connectivity index is 1.65. The Morgan fingerprint density at radius 3 is 2.78 bits per heavy atom. The van der Waals surface area contributed by atoms with Crippen LogP contribution in [0.15, 0.2) is 40.6 Å². The number of carbonyl (C=O) groups is 1. The minimum Gasteiger partial charge on any atom is -0.324 e. The molecule has 1 unspecified atom stereocenters. The first-order valence-corrected chi connectivity index (χ1v) is 8.63. The third kappa shape index (κ3) is 3.40. The lowest BCUT2D eigenvalue weighted by Crippen LogP contribution is -2.50. The normalized spacial score (nSPS) is 20.6. The average molecular weight is 331 g/mol. The maximum absolute atomic E-state index is 12.6. The van der Waals surface area contributed by atoms with Gasteiger partial charge in [0.05, 0.1) is 5.54 Å². The number of aryl methyl sites for hydroxylation is 1. The van der Waals surface area contributed by atoms with Gasteiger partial charge in [-0.05, 0) is 61.8 Å². The number of benzene rings is 1. The van der Waals surface area contributed by atoms with E-state index in [2.05, 4.69) is 27.8 Å². The Bertz CT molecular complexity index is 676. The molecule has 1 fully saturated rings. The van der Waals surface area contributed by atoms with Gasteiger partial charge in [0.25, 0.3) is 0 Å². The molecule has 0 spiro atoms. The molecular weight excluding hydrogens is 310 g/mol. The standard InChI is InChI=1S/C16H21N5OS/c1-3-16(9-4-10-17-16)14(22)19-12-5-7-13(8-6-12)23-15-20-18-11-21(15)2/h5-8,11,17H,3-4,9-10H2,1-2H3,(H,19,22). The summed E-state index contributed by atoms with van der Waals surface area (Å²) in [5, 5.41) is 15.1. The van der Waals surface area contributed by atoms with Crippen LogP contribution in [0.3, 0.4) is 0 Å². The molecule has 1 aromatic heterocycles. The second-order valence-corrected chi connectivity index (χ2v) is 6.81. The maximum Gasteiger partial charge on any atom is 0.244 e. The molecule has 1 aliphatic heterocycles. The summed E-state index contributed by atoms with van der Waals surface area (Å²) in [5.74, 6) is 0.0613. The van der Waals surface area contributed by atoms with Gasteiger partial charge in [0.1, 0.15) is 6.33 Å². The molecule has 122 valence electrons. The van der Waals surface area contributed by atoms with Crippen LogP contribution in [-0.4, -0.2) is 32.8 Å². The second kappa shape index (κ2) is 6.72. The maximum atomic E-state index is 12.6. The molecule has 2 aromatic rings. The monoisotopic (exact) mass is 331 g/mol.